The molecule has 1 fully saturated rings. The van der Waals surface area contributed by atoms with Crippen LogP contribution in [0.15, 0.2) is 18.2 Å². The van der Waals surface area contributed by atoms with Crippen molar-refractivity contribution < 1.29 is 9.50 Å². The van der Waals surface area contributed by atoms with E-state index in [4.69, 9.17) is 0 Å². The van der Waals surface area contributed by atoms with Crippen LogP contribution in [-0.4, -0.2) is 11.1 Å². The third kappa shape index (κ3) is 3.95. The molecular formula is C17H26FNO. The maximum atomic E-state index is 13.0. The van der Waals surface area contributed by atoms with Crippen LogP contribution in [-0.2, 0) is 0 Å². The summed E-state index contributed by atoms with van der Waals surface area (Å²) in [5.41, 5.74) is 0.780. The van der Waals surface area contributed by atoms with E-state index in [1.807, 2.05) is 6.92 Å². The first-order valence-electron chi connectivity index (χ1n) is 7.84. The van der Waals surface area contributed by atoms with Gasteiger partial charge in [-0.3, -0.25) is 0 Å². The largest absolute Gasteiger partial charge is 0.508 e. The number of hydrogen-bond donors (Lipinski definition) is 2. The highest BCUT2D eigenvalue weighted by Gasteiger charge is 2.22. The monoisotopic (exact) mass is 279 g/mol. The average Bonchev–Trinajstić information content (AvgIpc) is 2.41. The van der Waals surface area contributed by atoms with Crippen molar-refractivity contribution in [3.8, 4) is 5.75 Å². The molecule has 0 spiro atoms. The Morgan fingerprint density at radius 1 is 1.30 bits per heavy atom. The van der Waals surface area contributed by atoms with Crippen molar-refractivity contribution in [2.45, 2.75) is 64.5 Å². The number of aromatic hydroxyl groups is 1. The second-order valence-corrected chi connectivity index (χ2v) is 6.10. The van der Waals surface area contributed by atoms with Gasteiger partial charge >= 0.3 is 0 Å². The van der Waals surface area contributed by atoms with Gasteiger partial charge in [-0.1, -0.05) is 25.8 Å². The molecule has 1 aliphatic rings. The fourth-order valence-electron chi connectivity index (χ4n) is 3.35. The number of phenolic OH excluding ortho intramolecular Hbond substituents is 1. The molecule has 3 heteroatoms. The van der Waals surface area contributed by atoms with Crippen LogP contribution in [0.25, 0.3) is 0 Å². The Kier molecular flexibility index (Phi) is 5.41. The third-order valence-corrected chi connectivity index (χ3v) is 4.49. The van der Waals surface area contributed by atoms with E-state index in [1.165, 1.54) is 50.7 Å². The summed E-state index contributed by atoms with van der Waals surface area (Å²) in [6.45, 7) is 4.29. The molecule has 1 aliphatic carbocycles. The van der Waals surface area contributed by atoms with Gasteiger partial charge in [-0.2, -0.15) is 0 Å². The molecular weight excluding hydrogens is 253 g/mol. The van der Waals surface area contributed by atoms with Crippen LogP contribution in [0.4, 0.5) is 4.39 Å². The van der Waals surface area contributed by atoms with Gasteiger partial charge in [-0.25, -0.2) is 4.39 Å². The van der Waals surface area contributed by atoms with Crippen LogP contribution in [0.5, 0.6) is 5.75 Å². The van der Waals surface area contributed by atoms with Crippen molar-refractivity contribution in [1.82, 2.24) is 5.32 Å². The van der Waals surface area contributed by atoms with Crippen LogP contribution in [0, 0.1) is 11.7 Å². The zero-order valence-corrected chi connectivity index (χ0v) is 12.5. The molecule has 2 nitrogen and oxygen atoms in total. The smallest absolute Gasteiger partial charge is 0.126 e. The predicted molar refractivity (Wildman–Crippen MR) is 80.3 cm³/mol. The predicted octanol–water partition coefficient (Wildman–Crippen LogP) is 4.54. The Labute approximate surface area is 121 Å². The Hall–Kier alpha value is -1.09. The number of phenols is 1. The lowest BCUT2D eigenvalue weighted by Gasteiger charge is -2.31. The number of rotatable bonds is 5. The molecule has 1 saturated carbocycles. The number of hydrogen-bond acceptors (Lipinski definition) is 2. The first kappa shape index (κ1) is 15.3. The maximum Gasteiger partial charge on any atom is 0.126 e. The van der Waals surface area contributed by atoms with Gasteiger partial charge in [-0.15, -0.1) is 0 Å². The maximum absolute atomic E-state index is 13.0. The fourth-order valence-corrected chi connectivity index (χ4v) is 3.35. The zero-order valence-electron chi connectivity index (χ0n) is 12.5. The minimum Gasteiger partial charge on any atom is -0.508 e. The fraction of sp³-hybridized carbons (Fsp3) is 0.647. The molecule has 1 unspecified atom stereocenters. The van der Waals surface area contributed by atoms with Crippen LogP contribution in [0.2, 0.25) is 0 Å². The molecule has 1 atom stereocenters. The number of halogens is 1. The Bertz CT molecular complexity index is 427. The molecule has 1 aromatic rings. The van der Waals surface area contributed by atoms with E-state index < -0.39 is 5.82 Å². The second-order valence-electron chi connectivity index (χ2n) is 6.10. The molecule has 0 saturated heterocycles. The highest BCUT2D eigenvalue weighted by Crippen LogP contribution is 2.30. The lowest BCUT2D eigenvalue weighted by Crippen LogP contribution is -2.35. The summed E-state index contributed by atoms with van der Waals surface area (Å²) >= 11 is 0. The van der Waals surface area contributed by atoms with Crippen molar-refractivity contribution in [3.05, 3.63) is 29.6 Å². The summed E-state index contributed by atoms with van der Waals surface area (Å²) in [4.78, 5) is 0. The summed E-state index contributed by atoms with van der Waals surface area (Å²) in [5.74, 6) is 0.552. The summed E-state index contributed by atoms with van der Waals surface area (Å²) < 4.78 is 13.0. The lowest BCUT2D eigenvalue weighted by molar-refractivity contribution is 0.265. The first-order valence-corrected chi connectivity index (χ1v) is 7.84. The molecule has 2 rings (SSSR count). The molecule has 0 bridgehead atoms. The normalized spacial score (nSPS) is 24.6. The summed E-state index contributed by atoms with van der Waals surface area (Å²) in [5, 5.41) is 13.4. The van der Waals surface area contributed by atoms with E-state index in [1.54, 1.807) is 6.07 Å². The minimum atomic E-state index is -0.390. The van der Waals surface area contributed by atoms with Gasteiger partial charge in [0.05, 0.1) is 0 Å². The Balaban J connectivity index is 1.87. The molecule has 20 heavy (non-hydrogen) atoms. The summed E-state index contributed by atoms with van der Waals surface area (Å²) in [6.07, 6.45) is 7.64. The van der Waals surface area contributed by atoms with Crippen molar-refractivity contribution in [2.75, 3.05) is 0 Å². The molecule has 112 valence electrons. The van der Waals surface area contributed by atoms with Crippen molar-refractivity contribution >= 4 is 0 Å². The molecule has 2 N–H and O–H groups in total. The highest BCUT2D eigenvalue weighted by atomic mass is 19.1. The molecule has 0 heterocycles. The van der Waals surface area contributed by atoms with Gasteiger partial charge in [0.25, 0.3) is 0 Å². The highest BCUT2D eigenvalue weighted by molar-refractivity contribution is 5.34. The zero-order chi connectivity index (χ0) is 14.5. The van der Waals surface area contributed by atoms with Gasteiger partial charge < -0.3 is 10.4 Å². The van der Waals surface area contributed by atoms with Crippen LogP contribution in [0.1, 0.15) is 64.0 Å². The van der Waals surface area contributed by atoms with E-state index in [9.17, 15) is 9.50 Å². The first-order chi connectivity index (χ1) is 9.60. The minimum absolute atomic E-state index is 0.0460. The second kappa shape index (κ2) is 7.07. The van der Waals surface area contributed by atoms with Crippen LogP contribution >= 0.6 is 0 Å². The van der Waals surface area contributed by atoms with Gasteiger partial charge in [-0.05, 0) is 44.6 Å². The summed E-state index contributed by atoms with van der Waals surface area (Å²) in [7, 11) is 0. The molecule has 1 aromatic carbocycles. The van der Waals surface area contributed by atoms with Crippen molar-refractivity contribution in [3.63, 3.8) is 0 Å². The molecule has 0 amide bonds. The van der Waals surface area contributed by atoms with Crippen LogP contribution < -0.4 is 5.32 Å². The van der Waals surface area contributed by atoms with Crippen molar-refractivity contribution in [1.29, 1.82) is 0 Å². The van der Waals surface area contributed by atoms with E-state index in [0.29, 0.717) is 6.04 Å². The quantitative estimate of drug-likeness (QED) is 0.829. The van der Waals surface area contributed by atoms with Gasteiger partial charge in [0, 0.05) is 23.7 Å². The average molecular weight is 279 g/mol. The van der Waals surface area contributed by atoms with E-state index in [0.717, 1.165) is 11.5 Å². The van der Waals surface area contributed by atoms with E-state index in [-0.39, 0.29) is 11.8 Å². The number of nitrogens with one attached hydrogen (secondary N) is 1. The van der Waals surface area contributed by atoms with Crippen molar-refractivity contribution in [2.24, 2.45) is 5.92 Å². The Morgan fingerprint density at radius 2 is 2.00 bits per heavy atom. The molecule has 0 radical (unpaired) electrons. The molecule has 0 aliphatic heterocycles. The SMILES string of the molecule is CCCC1CCC(NC(C)c2ccc(F)cc2O)CC1. The van der Waals surface area contributed by atoms with Crippen LogP contribution in [0.3, 0.4) is 0 Å². The Morgan fingerprint density at radius 3 is 2.60 bits per heavy atom. The van der Waals surface area contributed by atoms with E-state index >= 15 is 0 Å². The standard InChI is InChI=1S/C17H26FNO/c1-3-4-13-5-8-15(9-6-13)19-12(2)16-10-7-14(18)11-17(16)20/h7,10-13,15,19-20H,3-6,8-9H2,1-2H3. The van der Waals surface area contributed by atoms with Gasteiger partial charge in [0.2, 0.25) is 0 Å². The van der Waals surface area contributed by atoms with E-state index in [2.05, 4.69) is 12.2 Å². The van der Waals surface area contributed by atoms with Gasteiger partial charge in [0.15, 0.2) is 0 Å². The number of benzene rings is 1. The molecule has 0 aromatic heterocycles. The van der Waals surface area contributed by atoms with Gasteiger partial charge in [0.1, 0.15) is 11.6 Å². The summed E-state index contributed by atoms with van der Waals surface area (Å²) in [6, 6.07) is 4.84. The lowest BCUT2D eigenvalue weighted by atomic mass is 9.83. The third-order valence-electron chi connectivity index (χ3n) is 4.49. The topological polar surface area (TPSA) is 32.3 Å².